The largest absolute Gasteiger partial charge is 0.392 e. The van der Waals surface area contributed by atoms with Gasteiger partial charge in [-0.2, -0.15) is 0 Å². The first-order chi connectivity index (χ1) is 15.2. The Morgan fingerprint density at radius 3 is 2.71 bits per heavy atom. The zero-order valence-corrected chi connectivity index (χ0v) is 17.4. The number of thiophene rings is 1. The van der Waals surface area contributed by atoms with E-state index >= 15 is 0 Å². The van der Waals surface area contributed by atoms with Gasteiger partial charge >= 0.3 is 0 Å². The second-order valence-corrected chi connectivity index (χ2v) is 8.51. The summed E-state index contributed by atoms with van der Waals surface area (Å²) in [5.41, 5.74) is 2.88. The average molecular weight is 439 g/mol. The summed E-state index contributed by atoms with van der Waals surface area (Å²) in [5, 5.41) is 21.1. The number of aldehydes is 1. The van der Waals surface area contributed by atoms with Crippen molar-refractivity contribution in [3.63, 3.8) is 0 Å². The Balaban J connectivity index is 1.28. The van der Waals surface area contributed by atoms with Crippen molar-refractivity contribution in [3.05, 3.63) is 53.7 Å². The van der Waals surface area contributed by atoms with E-state index in [1.54, 1.807) is 28.4 Å². The topological polar surface area (TPSA) is 102 Å². The molecule has 3 atom stereocenters. The number of benzene rings is 1. The van der Waals surface area contributed by atoms with Crippen molar-refractivity contribution >= 4 is 29.0 Å². The molecule has 0 amide bonds. The summed E-state index contributed by atoms with van der Waals surface area (Å²) in [4.78, 5) is 20.9. The van der Waals surface area contributed by atoms with Gasteiger partial charge in [0.1, 0.15) is 5.71 Å². The van der Waals surface area contributed by atoms with E-state index < -0.39 is 6.23 Å². The number of hydrogen-bond acceptors (Lipinski definition) is 9. The van der Waals surface area contributed by atoms with Gasteiger partial charge < -0.3 is 19.6 Å². The number of anilines is 1. The lowest BCUT2D eigenvalue weighted by Crippen LogP contribution is -2.31. The summed E-state index contributed by atoms with van der Waals surface area (Å²) >= 11 is 1.64. The van der Waals surface area contributed by atoms with Crippen molar-refractivity contribution in [2.24, 2.45) is 5.16 Å². The van der Waals surface area contributed by atoms with E-state index in [0.29, 0.717) is 19.5 Å². The predicted molar refractivity (Wildman–Crippen MR) is 115 cm³/mol. The van der Waals surface area contributed by atoms with Gasteiger partial charge in [-0.3, -0.25) is 4.79 Å². The Bertz CT molecular complexity index is 1070. The van der Waals surface area contributed by atoms with Crippen LogP contribution in [-0.2, 0) is 20.9 Å². The molecule has 2 unspecified atom stereocenters. The van der Waals surface area contributed by atoms with Crippen LogP contribution in [0, 0.1) is 0 Å². The first-order valence-corrected chi connectivity index (χ1v) is 10.8. The van der Waals surface area contributed by atoms with E-state index in [4.69, 9.17) is 9.57 Å². The second kappa shape index (κ2) is 8.58. The molecule has 1 fully saturated rings. The first-order valence-electron chi connectivity index (χ1n) is 9.99. The van der Waals surface area contributed by atoms with Crippen molar-refractivity contribution < 1.29 is 19.5 Å². The molecule has 31 heavy (non-hydrogen) atoms. The summed E-state index contributed by atoms with van der Waals surface area (Å²) in [6, 6.07) is 12.2. The molecule has 4 heterocycles. The minimum Gasteiger partial charge on any atom is -0.392 e. The highest BCUT2D eigenvalue weighted by molar-refractivity contribution is 7.17. The Labute approximate surface area is 182 Å². The van der Waals surface area contributed by atoms with Crippen LogP contribution in [0.15, 0.2) is 53.9 Å². The maximum atomic E-state index is 11.6. The van der Waals surface area contributed by atoms with E-state index in [1.165, 1.54) is 0 Å². The molecule has 0 bridgehead atoms. The number of rotatable bonds is 7. The second-order valence-electron chi connectivity index (χ2n) is 7.43. The molecule has 1 saturated heterocycles. The highest BCUT2D eigenvalue weighted by Crippen LogP contribution is 2.33. The van der Waals surface area contributed by atoms with Crippen LogP contribution in [0.25, 0.3) is 10.4 Å². The van der Waals surface area contributed by atoms with Crippen molar-refractivity contribution in [3.8, 4) is 10.4 Å². The SMILES string of the molecule is O=CC1O[C@@H](Cn2ccnn2)CN1c1ccc(-c2ccc(C3=NOC(CO)C3)s2)cc1. The fraction of sp³-hybridized carbons (Fsp3) is 0.333. The minimum atomic E-state index is -0.618. The molecular weight excluding hydrogens is 418 g/mol. The molecule has 5 rings (SSSR count). The van der Waals surface area contributed by atoms with E-state index in [2.05, 4.69) is 21.5 Å². The van der Waals surface area contributed by atoms with Crippen molar-refractivity contribution in [1.29, 1.82) is 0 Å². The number of ether oxygens (including phenoxy) is 1. The Kier molecular flexibility index (Phi) is 5.49. The van der Waals surface area contributed by atoms with Crippen LogP contribution in [0.4, 0.5) is 5.69 Å². The lowest BCUT2D eigenvalue weighted by atomic mass is 10.1. The molecule has 1 aromatic carbocycles. The van der Waals surface area contributed by atoms with Crippen LogP contribution in [-0.4, -0.2) is 63.7 Å². The highest BCUT2D eigenvalue weighted by Gasteiger charge is 2.33. The molecule has 0 spiro atoms. The fourth-order valence-corrected chi connectivity index (χ4v) is 4.77. The van der Waals surface area contributed by atoms with Crippen LogP contribution >= 0.6 is 11.3 Å². The Morgan fingerprint density at radius 2 is 2.00 bits per heavy atom. The molecule has 0 radical (unpaired) electrons. The van der Waals surface area contributed by atoms with E-state index in [9.17, 15) is 9.90 Å². The standard InChI is InChI=1S/C21H21N5O4S/c27-12-16-9-18(23-30-16)20-6-5-19(31-20)14-1-3-15(4-2-14)26-11-17(29-21(26)13-28)10-25-8-7-22-24-25/h1-8,13,16-17,21,27H,9-12H2/t16?,17-,21?/m0/s1. The number of carbonyl (C=O) groups is 1. The molecule has 1 N–H and O–H groups in total. The molecule has 3 aromatic rings. The molecule has 0 saturated carbocycles. The molecule has 0 aliphatic carbocycles. The number of aliphatic hydroxyl groups is 1. The summed E-state index contributed by atoms with van der Waals surface area (Å²) in [6.45, 7) is 1.10. The third kappa shape index (κ3) is 4.09. The molecule has 160 valence electrons. The highest BCUT2D eigenvalue weighted by atomic mass is 32.1. The van der Waals surface area contributed by atoms with Crippen LogP contribution in [0.2, 0.25) is 0 Å². The lowest BCUT2D eigenvalue weighted by molar-refractivity contribution is -0.117. The summed E-state index contributed by atoms with van der Waals surface area (Å²) in [7, 11) is 0. The molecule has 2 aromatic heterocycles. The summed E-state index contributed by atoms with van der Waals surface area (Å²) in [6.07, 6.45) is 3.83. The number of hydrogen-bond donors (Lipinski definition) is 1. The lowest BCUT2D eigenvalue weighted by Gasteiger charge is -2.21. The molecule has 10 heteroatoms. The van der Waals surface area contributed by atoms with Gasteiger partial charge in [0.15, 0.2) is 18.6 Å². The first kappa shape index (κ1) is 19.9. The smallest absolute Gasteiger partial charge is 0.187 e. The molecule has 2 aliphatic heterocycles. The number of nitrogens with zero attached hydrogens (tertiary/aromatic N) is 5. The van der Waals surface area contributed by atoms with Gasteiger partial charge in [-0.05, 0) is 29.8 Å². The van der Waals surface area contributed by atoms with E-state index in [-0.39, 0.29) is 18.8 Å². The fourth-order valence-electron chi connectivity index (χ4n) is 3.77. The minimum absolute atomic E-state index is 0.0334. The third-order valence-electron chi connectivity index (χ3n) is 5.33. The van der Waals surface area contributed by atoms with Crippen LogP contribution in [0.1, 0.15) is 11.3 Å². The summed E-state index contributed by atoms with van der Waals surface area (Å²) in [5.74, 6) is 0. The van der Waals surface area contributed by atoms with Crippen LogP contribution in [0.3, 0.4) is 0 Å². The van der Waals surface area contributed by atoms with Crippen molar-refractivity contribution in [2.45, 2.75) is 31.4 Å². The van der Waals surface area contributed by atoms with Gasteiger partial charge in [-0.1, -0.05) is 22.5 Å². The molecule has 2 aliphatic rings. The zero-order valence-electron chi connectivity index (χ0n) is 16.6. The van der Waals surface area contributed by atoms with Gasteiger partial charge in [0.05, 0.1) is 30.3 Å². The Morgan fingerprint density at radius 1 is 1.16 bits per heavy atom. The Hall–Kier alpha value is -3.08. The van der Waals surface area contributed by atoms with E-state index in [1.807, 2.05) is 35.2 Å². The van der Waals surface area contributed by atoms with Gasteiger partial charge in [0.2, 0.25) is 0 Å². The quantitative estimate of drug-likeness (QED) is 0.561. The van der Waals surface area contributed by atoms with Crippen molar-refractivity contribution in [2.75, 3.05) is 18.1 Å². The molecular formula is C21H21N5O4S. The van der Waals surface area contributed by atoms with Gasteiger partial charge in [-0.15, -0.1) is 16.4 Å². The maximum absolute atomic E-state index is 11.6. The average Bonchev–Trinajstić information content (AvgIpc) is 3.60. The summed E-state index contributed by atoms with van der Waals surface area (Å²) < 4.78 is 7.58. The monoisotopic (exact) mass is 439 g/mol. The number of carbonyl (C=O) groups excluding carboxylic acids is 1. The number of aromatic nitrogens is 3. The van der Waals surface area contributed by atoms with Gasteiger partial charge in [0, 0.05) is 29.7 Å². The van der Waals surface area contributed by atoms with Crippen LogP contribution < -0.4 is 4.90 Å². The normalized spacial score (nSPS) is 23.1. The zero-order chi connectivity index (χ0) is 21.2. The van der Waals surface area contributed by atoms with Gasteiger partial charge in [0.25, 0.3) is 0 Å². The number of oxime groups is 1. The third-order valence-corrected chi connectivity index (χ3v) is 6.51. The van der Waals surface area contributed by atoms with Gasteiger partial charge in [-0.25, -0.2) is 4.68 Å². The number of aliphatic hydroxyl groups excluding tert-OH is 1. The molecule has 9 nitrogen and oxygen atoms in total. The predicted octanol–water partition coefficient (Wildman–Crippen LogP) is 1.92. The maximum Gasteiger partial charge on any atom is 0.187 e. The van der Waals surface area contributed by atoms with E-state index in [0.717, 1.165) is 33.0 Å². The van der Waals surface area contributed by atoms with Crippen LogP contribution in [0.5, 0.6) is 0 Å². The van der Waals surface area contributed by atoms with Crippen molar-refractivity contribution in [1.82, 2.24) is 15.0 Å².